The SMILES string of the molecule is CNc1ncc(Br)c(NC(C)C2CCOC2)n1. The van der Waals surface area contributed by atoms with Gasteiger partial charge in [0, 0.05) is 31.8 Å². The van der Waals surface area contributed by atoms with Gasteiger partial charge in [0.25, 0.3) is 0 Å². The normalized spacial score (nSPS) is 21.2. The molecule has 0 spiro atoms. The average Bonchev–Trinajstić information content (AvgIpc) is 2.85. The summed E-state index contributed by atoms with van der Waals surface area (Å²) in [5.74, 6) is 1.99. The Bertz CT molecular complexity index is 382. The molecule has 0 aliphatic carbocycles. The molecule has 2 atom stereocenters. The molecule has 1 aromatic heterocycles. The van der Waals surface area contributed by atoms with E-state index in [0.717, 1.165) is 29.9 Å². The standard InChI is InChI=1S/C11H17BrN4O/c1-7(8-3-4-17-6-8)15-10-9(12)5-14-11(13-2)16-10/h5,7-8H,3-4,6H2,1-2H3,(H2,13,14,15,16). The molecule has 1 aromatic rings. The highest BCUT2D eigenvalue weighted by molar-refractivity contribution is 9.10. The fraction of sp³-hybridized carbons (Fsp3) is 0.636. The molecule has 2 heterocycles. The maximum atomic E-state index is 5.39. The van der Waals surface area contributed by atoms with E-state index in [2.05, 4.69) is 43.5 Å². The third-order valence-corrected chi connectivity index (χ3v) is 3.58. The van der Waals surface area contributed by atoms with Gasteiger partial charge in [-0.15, -0.1) is 0 Å². The predicted molar refractivity (Wildman–Crippen MR) is 71.3 cm³/mol. The van der Waals surface area contributed by atoms with E-state index in [-0.39, 0.29) is 0 Å². The molecule has 0 saturated carbocycles. The highest BCUT2D eigenvalue weighted by Crippen LogP contribution is 2.24. The third-order valence-electron chi connectivity index (χ3n) is 3.00. The summed E-state index contributed by atoms with van der Waals surface area (Å²) >= 11 is 3.45. The van der Waals surface area contributed by atoms with E-state index in [1.165, 1.54) is 0 Å². The number of hydrogen-bond acceptors (Lipinski definition) is 5. The van der Waals surface area contributed by atoms with Crippen LogP contribution in [0.2, 0.25) is 0 Å². The van der Waals surface area contributed by atoms with Gasteiger partial charge in [0.2, 0.25) is 5.95 Å². The molecule has 0 radical (unpaired) electrons. The molecule has 1 aliphatic heterocycles. The largest absolute Gasteiger partial charge is 0.381 e. The fourth-order valence-corrected chi connectivity index (χ4v) is 2.17. The van der Waals surface area contributed by atoms with E-state index >= 15 is 0 Å². The molecule has 17 heavy (non-hydrogen) atoms. The number of halogens is 1. The van der Waals surface area contributed by atoms with Gasteiger partial charge in [0.05, 0.1) is 11.1 Å². The van der Waals surface area contributed by atoms with Crippen molar-refractivity contribution in [3.8, 4) is 0 Å². The second-order valence-electron chi connectivity index (χ2n) is 4.20. The molecule has 1 saturated heterocycles. The summed E-state index contributed by atoms with van der Waals surface area (Å²) in [6.07, 6.45) is 2.86. The molecule has 1 fully saturated rings. The van der Waals surface area contributed by atoms with E-state index in [1.54, 1.807) is 13.2 Å². The van der Waals surface area contributed by atoms with E-state index < -0.39 is 0 Å². The Morgan fingerprint density at radius 2 is 2.41 bits per heavy atom. The lowest BCUT2D eigenvalue weighted by Gasteiger charge is -2.20. The van der Waals surface area contributed by atoms with Gasteiger partial charge in [-0.2, -0.15) is 4.98 Å². The summed E-state index contributed by atoms with van der Waals surface area (Å²) in [6.45, 7) is 3.85. The first-order valence-electron chi connectivity index (χ1n) is 5.75. The molecule has 94 valence electrons. The number of ether oxygens (including phenoxy) is 1. The third kappa shape index (κ3) is 3.07. The van der Waals surface area contributed by atoms with Crippen LogP contribution in [0.1, 0.15) is 13.3 Å². The molecule has 1 aliphatic rings. The van der Waals surface area contributed by atoms with Crippen LogP contribution < -0.4 is 10.6 Å². The highest BCUT2D eigenvalue weighted by atomic mass is 79.9. The lowest BCUT2D eigenvalue weighted by Crippen LogP contribution is -2.27. The monoisotopic (exact) mass is 300 g/mol. The number of nitrogens with one attached hydrogen (secondary N) is 2. The van der Waals surface area contributed by atoms with Crippen LogP contribution in [0.25, 0.3) is 0 Å². The predicted octanol–water partition coefficient (Wildman–Crippen LogP) is 2.12. The van der Waals surface area contributed by atoms with Crippen molar-refractivity contribution in [3.63, 3.8) is 0 Å². The number of aromatic nitrogens is 2. The van der Waals surface area contributed by atoms with Crippen LogP contribution in [0, 0.1) is 5.92 Å². The molecule has 6 heteroatoms. The Morgan fingerprint density at radius 3 is 3.06 bits per heavy atom. The second-order valence-corrected chi connectivity index (χ2v) is 5.05. The Kier molecular flexibility index (Phi) is 4.17. The second kappa shape index (κ2) is 5.64. The molecule has 2 rings (SSSR count). The van der Waals surface area contributed by atoms with Crippen LogP contribution >= 0.6 is 15.9 Å². The van der Waals surface area contributed by atoms with E-state index in [0.29, 0.717) is 17.9 Å². The van der Waals surface area contributed by atoms with Gasteiger partial charge in [-0.05, 0) is 29.3 Å². The molecule has 0 bridgehead atoms. The smallest absolute Gasteiger partial charge is 0.224 e. The van der Waals surface area contributed by atoms with Crippen LogP contribution in [0.5, 0.6) is 0 Å². The molecular weight excluding hydrogens is 284 g/mol. The lowest BCUT2D eigenvalue weighted by atomic mass is 10.0. The summed E-state index contributed by atoms with van der Waals surface area (Å²) in [4.78, 5) is 8.51. The fourth-order valence-electron chi connectivity index (χ4n) is 1.87. The van der Waals surface area contributed by atoms with Gasteiger partial charge < -0.3 is 15.4 Å². The Labute approximate surface area is 110 Å². The summed E-state index contributed by atoms with van der Waals surface area (Å²) in [5.41, 5.74) is 0. The van der Waals surface area contributed by atoms with Crippen molar-refractivity contribution in [3.05, 3.63) is 10.7 Å². The van der Waals surface area contributed by atoms with Crippen LogP contribution in [0.4, 0.5) is 11.8 Å². The van der Waals surface area contributed by atoms with Crippen LogP contribution in [-0.2, 0) is 4.74 Å². The molecule has 0 aromatic carbocycles. The van der Waals surface area contributed by atoms with Crippen LogP contribution in [0.15, 0.2) is 10.7 Å². The Morgan fingerprint density at radius 1 is 1.59 bits per heavy atom. The zero-order chi connectivity index (χ0) is 12.3. The zero-order valence-electron chi connectivity index (χ0n) is 10.0. The minimum absolute atomic E-state index is 0.341. The quantitative estimate of drug-likeness (QED) is 0.892. The zero-order valence-corrected chi connectivity index (χ0v) is 11.6. The topological polar surface area (TPSA) is 59.1 Å². The van der Waals surface area contributed by atoms with Crippen LogP contribution in [0.3, 0.4) is 0 Å². The van der Waals surface area contributed by atoms with Crippen molar-refractivity contribution in [2.45, 2.75) is 19.4 Å². The minimum Gasteiger partial charge on any atom is -0.381 e. The first-order valence-corrected chi connectivity index (χ1v) is 6.54. The summed E-state index contributed by atoms with van der Waals surface area (Å²) in [7, 11) is 1.81. The van der Waals surface area contributed by atoms with Crippen molar-refractivity contribution in [1.82, 2.24) is 9.97 Å². The number of nitrogens with zero attached hydrogens (tertiary/aromatic N) is 2. The van der Waals surface area contributed by atoms with Gasteiger partial charge in [-0.25, -0.2) is 4.98 Å². The maximum absolute atomic E-state index is 5.39. The van der Waals surface area contributed by atoms with E-state index in [1.807, 2.05) is 0 Å². The molecule has 2 unspecified atom stereocenters. The summed E-state index contributed by atoms with van der Waals surface area (Å²) in [6, 6.07) is 0.341. The molecule has 5 nitrogen and oxygen atoms in total. The van der Waals surface area contributed by atoms with Gasteiger partial charge in [0.15, 0.2) is 0 Å². The highest BCUT2D eigenvalue weighted by Gasteiger charge is 2.23. The van der Waals surface area contributed by atoms with Crippen molar-refractivity contribution in [2.24, 2.45) is 5.92 Å². The van der Waals surface area contributed by atoms with Gasteiger partial charge >= 0.3 is 0 Å². The van der Waals surface area contributed by atoms with Crippen LogP contribution in [-0.4, -0.2) is 36.3 Å². The number of hydrogen-bond donors (Lipinski definition) is 2. The van der Waals surface area contributed by atoms with Gasteiger partial charge in [-0.3, -0.25) is 0 Å². The first-order chi connectivity index (χ1) is 8.20. The summed E-state index contributed by atoms with van der Waals surface area (Å²) < 4.78 is 6.27. The first kappa shape index (κ1) is 12.6. The van der Waals surface area contributed by atoms with Crippen molar-refractivity contribution in [2.75, 3.05) is 30.9 Å². The lowest BCUT2D eigenvalue weighted by molar-refractivity contribution is 0.183. The molecule has 2 N–H and O–H groups in total. The molecular formula is C11H17BrN4O. The summed E-state index contributed by atoms with van der Waals surface area (Å²) in [5, 5.41) is 6.34. The average molecular weight is 301 g/mol. The minimum atomic E-state index is 0.341. The van der Waals surface area contributed by atoms with Crippen molar-refractivity contribution in [1.29, 1.82) is 0 Å². The number of anilines is 2. The van der Waals surface area contributed by atoms with E-state index in [4.69, 9.17) is 4.74 Å². The van der Waals surface area contributed by atoms with Gasteiger partial charge in [-0.1, -0.05) is 0 Å². The van der Waals surface area contributed by atoms with Crippen molar-refractivity contribution < 1.29 is 4.74 Å². The van der Waals surface area contributed by atoms with E-state index in [9.17, 15) is 0 Å². The maximum Gasteiger partial charge on any atom is 0.224 e. The van der Waals surface area contributed by atoms with Gasteiger partial charge in [0.1, 0.15) is 5.82 Å². The van der Waals surface area contributed by atoms with Crippen molar-refractivity contribution >= 4 is 27.7 Å². The Hall–Kier alpha value is -0.880. The number of rotatable bonds is 4. The Balaban J connectivity index is 2.06. The molecule has 0 amide bonds.